The van der Waals surface area contributed by atoms with E-state index in [-0.39, 0.29) is 22.6 Å². The van der Waals surface area contributed by atoms with Gasteiger partial charge in [-0.1, -0.05) is 19.1 Å². The number of rotatable bonds is 7. The van der Waals surface area contributed by atoms with Gasteiger partial charge in [-0.2, -0.15) is 0 Å². The van der Waals surface area contributed by atoms with E-state index in [0.717, 1.165) is 16.0 Å². The van der Waals surface area contributed by atoms with Crippen LogP contribution in [0.3, 0.4) is 0 Å². The molecule has 1 heterocycles. The van der Waals surface area contributed by atoms with Crippen LogP contribution in [0.25, 0.3) is 0 Å². The second kappa shape index (κ2) is 9.95. The summed E-state index contributed by atoms with van der Waals surface area (Å²) in [6.07, 6.45) is 0.336. The predicted octanol–water partition coefficient (Wildman–Crippen LogP) is 4.49. The summed E-state index contributed by atoms with van der Waals surface area (Å²) in [6.45, 7) is 4.91. The van der Waals surface area contributed by atoms with Crippen molar-refractivity contribution in [2.45, 2.75) is 27.2 Å². The Morgan fingerprint density at radius 2 is 1.50 bits per heavy atom. The van der Waals surface area contributed by atoms with Gasteiger partial charge in [0.05, 0.1) is 22.4 Å². The van der Waals surface area contributed by atoms with E-state index >= 15 is 0 Å². The van der Waals surface area contributed by atoms with Crippen LogP contribution in [0.2, 0.25) is 0 Å². The van der Waals surface area contributed by atoms with Crippen LogP contribution in [0.5, 0.6) is 0 Å². The van der Waals surface area contributed by atoms with Gasteiger partial charge in [0.15, 0.2) is 12.4 Å². The molecule has 0 fully saturated rings. The minimum atomic E-state index is -0.789. The highest BCUT2D eigenvalue weighted by molar-refractivity contribution is 6.35. The molecule has 8 heteroatoms. The average molecular weight is 485 g/mol. The highest BCUT2D eigenvalue weighted by Gasteiger charge is 2.38. The van der Waals surface area contributed by atoms with Crippen molar-refractivity contribution < 1.29 is 28.7 Å². The fourth-order valence-corrected chi connectivity index (χ4v) is 3.83. The molecule has 3 aromatic carbocycles. The van der Waals surface area contributed by atoms with Gasteiger partial charge in [-0.3, -0.25) is 19.2 Å². The molecule has 0 saturated heterocycles. The number of nitrogens with zero attached hydrogens (tertiary/aromatic N) is 1. The lowest BCUT2D eigenvalue weighted by molar-refractivity contribution is -0.115. The Kier molecular flexibility index (Phi) is 6.78. The zero-order valence-electron chi connectivity index (χ0n) is 20.1. The molecule has 1 aliphatic heterocycles. The fraction of sp³-hybridized carbons (Fsp3) is 0.179. The van der Waals surface area contributed by atoms with Gasteiger partial charge in [-0.15, -0.1) is 0 Å². The van der Waals surface area contributed by atoms with E-state index < -0.39 is 30.2 Å². The standard InChI is InChI=1S/C28H24N2O6/c1-4-25(32)29-20-10-7-18(8-11-20)24(31)15-36-28(35)19-9-12-21-22(14-19)27(34)30(26(21)33)23-13-16(2)5-6-17(23)3/h5-14H,4,15H2,1-3H3,(H,29,32). The third-order valence-electron chi connectivity index (χ3n) is 5.87. The number of amides is 3. The summed E-state index contributed by atoms with van der Waals surface area (Å²) in [6, 6.07) is 15.9. The van der Waals surface area contributed by atoms with Crippen molar-refractivity contribution in [1.29, 1.82) is 0 Å². The van der Waals surface area contributed by atoms with Gasteiger partial charge in [-0.05, 0) is 73.5 Å². The minimum Gasteiger partial charge on any atom is -0.454 e. The second-order valence-corrected chi connectivity index (χ2v) is 8.47. The van der Waals surface area contributed by atoms with Gasteiger partial charge >= 0.3 is 5.97 Å². The molecule has 36 heavy (non-hydrogen) atoms. The van der Waals surface area contributed by atoms with Gasteiger partial charge in [0.1, 0.15) is 0 Å². The van der Waals surface area contributed by atoms with Gasteiger partial charge < -0.3 is 10.1 Å². The van der Waals surface area contributed by atoms with Crippen molar-refractivity contribution in [2.75, 3.05) is 16.8 Å². The number of anilines is 2. The third kappa shape index (κ3) is 4.79. The molecule has 1 aliphatic rings. The van der Waals surface area contributed by atoms with Crippen LogP contribution < -0.4 is 10.2 Å². The van der Waals surface area contributed by atoms with Crippen molar-refractivity contribution in [2.24, 2.45) is 0 Å². The van der Waals surface area contributed by atoms with Crippen LogP contribution >= 0.6 is 0 Å². The molecule has 0 bridgehead atoms. The molecule has 0 aromatic heterocycles. The lowest BCUT2D eigenvalue weighted by Gasteiger charge is -2.17. The molecule has 0 spiro atoms. The fourth-order valence-electron chi connectivity index (χ4n) is 3.83. The van der Waals surface area contributed by atoms with Crippen molar-refractivity contribution in [3.63, 3.8) is 0 Å². The van der Waals surface area contributed by atoms with Gasteiger partial charge in [0.25, 0.3) is 11.8 Å². The van der Waals surface area contributed by atoms with E-state index in [1.807, 2.05) is 26.0 Å². The highest BCUT2D eigenvalue weighted by atomic mass is 16.5. The number of nitrogens with one attached hydrogen (secondary N) is 1. The van der Waals surface area contributed by atoms with Crippen LogP contribution in [-0.2, 0) is 9.53 Å². The van der Waals surface area contributed by atoms with Crippen LogP contribution in [0.4, 0.5) is 11.4 Å². The third-order valence-corrected chi connectivity index (χ3v) is 5.87. The maximum absolute atomic E-state index is 13.1. The molecule has 1 N–H and O–H groups in total. The first kappa shape index (κ1) is 24.5. The Hall–Kier alpha value is -4.59. The molecule has 0 radical (unpaired) electrons. The first-order valence-corrected chi connectivity index (χ1v) is 11.4. The average Bonchev–Trinajstić information content (AvgIpc) is 3.13. The Morgan fingerprint density at radius 1 is 0.833 bits per heavy atom. The van der Waals surface area contributed by atoms with Crippen molar-refractivity contribution in [1.82, 2.24) is 0 Å². The number of hydrogen-bond acceptors (Lipinski definition) is 6. The Balaban J connectivity index is 1.45. The number of hydrogen-bond donors (Lipinski definition) is 1. The first-order chi connectivity index (χ1) is 17.2. The van der Waals surface area contributed by atoms with E-state index in [9.17, 15) is 24.0 Å². The number of esters is 1. The summed E-state index contributed by atoms with van der Waals surface area (Å²) in [5.41, 5.74) is 3.41. The van der Waals surface area contributed by atoms with Crippen molar-refractivity contribution >= 4 is 40.8 Å². The Morgan fingerprint density at radius 3 is 2.19 bits per heavy atom. The molecule has 8 nitrogen and oxygen atoms in total. The summed E-state index contributed by atoms with van der Waals surface area (Å²) in [5, 5.41) is 2.69. The molecule has 0 unspecified atom stereocenters. The second-order valence-electron chi connectivity index (χ2n) is 8.47. The van der Waals surface area contributed by atoms with Crippen LogP contribution in [0.1, 0.15) is 65.9 Å². The molecule has 0 aliphatic carbocycles. The number of carbonyl (C=O) groups excluding carboxylic acids is 5. The number of benzene rings is 3. The summed E-state index contributed by atoms with van der Waals surface area (Å²) >= 11 is 0. The zero-order valence-corrected chi connectivity index (χ0v) is 20.1. The van der Waals surface area contributed by atoms with E-state index in [4.69, 9.17) is 4.74 Å². The van der Waals surface area contributed by atoms with Gasteiger partial charge in [0.2, 0.25) is 5.91 Å². The number of Topliss-reactive ketones (excluding diaryl/α,β-unsaturated/α-hetero) is 1. The molecule has 182 valence electrons. The number of aryl methyl sites for hydroxylation is 2. The first-order valence-electron chi connectivity index (χ1n) is 11.4. The van der Waals surface area contributed by atoms with E-state index in [1.54, 1.807) is 25.1 Å². The minimum absolute atomic E-state index is 0.0585. The maximum atomic E-state index is 13.1. The monoisotopic (exact) mass is 484 g/mol. The summed E-state index contributed by atoms with van der Waals surface area (Å²) in [5.74, 6) is -2.34. The summed E-state index contributed by atoms with van der Waals surface area (Å²) < 4.78 is 5.16. The Bertz CT molecular complexity index is 1410. The Labute approximate surface area is 207 Å². The molecular weight excluding hydrogens is 460 g/mol. The molecule has 4 rings (SSSR count). The maximum Gasteiger partial charge on any atom is 0.338 e. The van der Waals surface area contributed by atoms with E-state index in [1.165, 1.54) is 30.3 Å². The van der Waals surface area contributed by atoms with Crippen LogP contribution in [0.15, 0.2) is 60.7 Å². The van der Waals surface area contributed by atoms with E-state index in [2.05, 4.69) is 5.32 Å². The zero-order chi connectivity index (χ0) is 26.0. The molecule has 3 aromatic rings. The lowest BCUT2D eigenvalue weighted by Crippen LogP contribution is -2.30. The number of ether oxygens (including phenoxy) is 1. The molecule has 0 atom stereocenters. The van der Waals surface area contributed by atoms with Crippen LogP contribution in [0, 0.1) is 13.8 Å². The van der Waals surface area contributed by atoms with Crippen LogP contribution in [-0.4, -0.2) is 36.1 Å². The lowest BCUT2D eigenvalue weighted by atomic mass is 10.1. The largest absolute Gasteiger partial charge is 0.454 e. The highest BCUT2D eigenvalue weighted by Crippen LogP contribution is 2.32. The van der Waals surface area contributed by atoms with Gasteiger partial charge in [0, 0.05) is 17.7 Å². The van der Waals surface area contributed by atoms with Crippen molar-refractivity contribution in [3.05, 3.63) is 94.0 Å². The number of carbonyl (C=O) groups is 5. The van der Waals surface area contributed by atoms with Crippen molar-refractivity contribution in [3.8, 4) is 0 Å². The quantitative estimate of drug-likeness (QED) is 0.301. The molecular formula is C28H24N2O6. The predicted molar refractivity (Wildman–Crippen MR) is 133 cm³/mol. The van der Waals surface area contributed by atoms with E-state index in [0.29, 0.717) is 23.4 Å². The normalized spacial score (nSPS) is 12.4. The number of imide groups is 1. The summed E-state index contributed by atoms with van der Waals surface area (Å²) in [4.78, 5) is 63.6. The van der Waals surface area contributed by atoms with Gasteiger partial charge in [-0.25, -0.2) is 9.69 Å². The number of fused-ring (bicyclic) bond motifs is 1. The molecule has 3 amide bonds. The summed E-state index contributed by atoms with van der Waals surface area (Å²) in [7, 11) is 0. The smallest absolute Gasteiger partial charge is 0.338 e. The number of ketones is 1. The SMILES string of the molecule is CCC(=O)Nc1ccc(C(=O)COC(=O)c2ccc3c(c2)C(=O)N(c2cc(C)ccc2C)C3=O)cc1. The topological polar surface area (TPSA) is 110 Å². The molecule has 0 saturated carbocycles.